The first kappa shape index (κ1) is 16.7. The molecule has 0 atom stereocenters. The van der Waals surface area contributed by atoms with E-state index < -0.39 is 0 Å². The molecule has 0 unspecified atom stereocenters. The number of benzene rings is 1. The van der Waals surface area contributed by atoms with Gasteiger partial charge in [-0.1, -0.05) is 18.2 Å². The molecule has 0 amide bonds. The summed E-state index contributed by atoms with van der Waals surface area (Å²) in [7, 11) is 5.85. The highest BCUT2D eigenvalue weighted by atomic mass is 79.9. The van der Waals surface area contributed by atoms with Crippen LogP contribution in [0.5, 0.6) is 0 Å². The molecule has 0 radical (unpaired) electrons. The molecule has 0 aliphatic heterocycles. The van der Waals surface area contributed by atoms with Gasteiger partial charge >= 0.3 is 0 Å². The maximum absolute atomic E-state index is 4.71. The van der Waals surface area contributed by atoms with Crippen LogP contribution >= 0.6 is 15.9 Å². The average Bonchev–Trinajstić information content (AvgIpc) is 2.94. The van der Waals surface area contributed by atoms with Crippen LogP contribution in [0, 0.1) is 0 Å². The molecule has 7 nitrogen and oxygen atoms in total. The Labute approximate surface area is 159 Å². The Morgan fingerprint density at radius 1 is 1.19 bits per heavy atom. The van der Waals surface area contributed by atoms with Gasteiger partial charge < -0.3 is 10.2 Å². The van der Waals surface area contributed by atoms with Gasteiger partial charge in [0.1, 0.15) is 22.6 Å². The highest BCUT2D eigenvalue weighted by Crippen LogP contribution is 2.28. The predicted molar refractivity (Wildman–Crippen MR) is 107 cm³/mol. The standard InChI is InChI=1S/C18H18BrN7/c1-25(2)14-8-11(12-6-4-5-7-13(12)23-14)9-20-17-15-16(19)24-26(3)18(15)22-10-21-17/h4-8,10H,9H2,1-3H3,(H,20,21,22). The number of pyridine rings is 1. The molecule has 26 heavy (non-hydrogen) atoms. The van der Waals surface area contributed by atoms with E-state index in [2.05, 4.69) is 48.4 Å². The molecule has 0 spiro atoms. The average molecular weight is 412 g/mol. The van der Waals surface area contributed by atoms with E-state index in [9.17, 15) is 0 Å². The zero-order chi connectivity index (χ0) is 18.3. The van der Waals surface area contributed by atoms with Gasteiger partial charge in [-0.3, -0.25) is 0 Å². The van der Waals surface area contributed by atoms with Crippen molar-refractivity contribution in [2.75, 3.05) is 24.3 Å². The molecule has 0 aliphatic rings. The van der Waals surface area contributed by atoms with Gasteiger partial charge in [0.15, 0.2) is 5.65 Å². The fraction of sp³-hybridized carbons (Fsp3) is 0.222. The summed E-state index contributed by atoms with van der Waals surface area (Å²) < 4.78 is 2.46. The predicted octanol–water partition coefficient (Wildman–Crippen LogP) is 3.35. The summed E-state index contributed by atoms with van der Waals surface area (Å²) >= 11 is 3.50. The van der Waals surface area contributed by atoms with Gasteiger partial charge in [0.25, 0.3) is 0 Å². The zero-order valence-corrected chi connectivity index (χ0v) is 16.3. The van der Waals surface area contributed by atoms with E-state index in [1.54, 1.807) is 11.0 Å². The Morgan fingerprint density at radius 3 is 2.81 bits per heavy atom. The molecule has 8 heteroatoms. The van der Waals surface area contributed by atoms with Crippen LogP contribution in [0.25, 0.3) is 21.9 Å². The van der Waals surface area contributed by atoms with Crippen LogP contribution in [0.2, 0.25) is 0 Å². The van der Waals surface area contributed by atoms with Crippen LogP contribution < -0.4 is 10.2 Å². The zero-order valence-electron chi connectivity index (χ0n) is 14.7. The Balaban J connectivity index is 1.75. The number of nitrogens with zero attached hydrogens (tertiary/aromatic N) is 6. The Bertz CT molecular complexity index is 1100. The van der Waals surface area contributed by atoms with E-state index in [0.29, 0.717) is 6.54 Å². The van der Waals surface area contributed by atoms with E-state index in [1.807, 2.05) is 44.2 Å². The lowest BCUT2D eigenvalue weighted by atomic mass is 10.1. The molecule has 1 aromatic carbocycles. The van der Waals surface area contributed by atoms with Gasteiger partial charge in [0.2, 0.25) is 0 Å². The monoisotopic (exact) mass is 411 g/mol. The van der Waals surface area contributed by atoms with Crippen molar-refractivity contribution in [2.24, 2.45) is 7.05 Å². The first-order valence-electron chi connectivity index (χ1n) is 8.17. The van der Waals surface area contributed by atoms with Crippen LogP contribution in [-0.4, -0.2) is 38.8 Å². The summed E-state index contributed by atoms with van der Waals surface area (Å²) in [6, 6.07) is 10.3. The van der Waals surface area contributed by atoms with Crippen LogP contribution in [0.4, 0.5) is 11.6 Å². The van der Waals surface area contributed by atoms with Gasteiger partial charge in [0.05, 0.1) is 10.9 Å². The summed E-state index contributed by atoms with van der Waals surface area (Å²) in [5.74, 6) is 1.68. The smallest absolute Gasteiger partial charge is 0.164 e. The summed E-state index contributed by atoms with van der Waals surface area (Å²) in [5, 5.41) is 9.81. The lowest BCUT2D eigenvalue weighted by Crippen LogP contribution is -2.12. The van der Waals surface area contributed by atoms with Crippen LogP contribution in [0.1, 0.15) is 5.56 Å². The van der Waals surface area contributed by atoms with Crippen molar-refractivity contribution in [3.63, 3.8) is 0 Å². The normalized spacial score (nSPS) is 11.2. The number of rotatable bonds is 4. The van der Waals surface area contributed by atoms with Crippen molar-refractivity contribution in [3.8, 4) is 0 Å². The highest BCUT2D eigenvalue weighted by Gasteiger charge is 2.14. The third kappa shape index (κ3) is 2.86. The third-order valence-electron chi connectivity index (χ3n) is 4.27. The maximum Gasteiger partial charge on any atom is 0.164 e. The molecule has 1 N–H and O–H groups in total. The number of aromatic nitrogens is 5. The van der Waals surface area contributed by atoms with Crippen LogP contribution in [-0.2, 0) is 13.6 Å². The molecular weight excluding hydrogens is 394 g/mol. The number of fused-ring (bicyclic) bond motifs is 2. The molecule has 0 aliphatic carbocycles. The summed E-state index contributed by atoms with van der Waals surface area (Å²) in [5.41, 5.74) is 2.92. The summed E-state index contributed by atoms with van der Waals surface area (Å²) in [6.07, 6.45) is 1.55. The largest absolute Gasteiger partial charge is 0.365 e. The Hall–Kier alpha value is -2.74. The second-order valence-electron chi connectivity index (χ2n) is 6.24. The molecule has 0 saturated carbocycles. The lowest BCUT2D eigenvalue weighted by Gasteiger charge is -2.16. The Kier molecular flexibility index (Phi) is 4.20. The number of para-hydroxylation sites is 1. The SMILES string of the molecule is CN(C)c1cc(CNc2ncnc3c2c(Br)nn3C)c2ccccc2n1. The van der Waals surface area contributed by atoms with Gasteiger partial charge in [-0.05, 0) is 33.6 Å². The van der Waals surface area contributed by atoms with Crippen molar-refractivity contribution in [2.45, 2.75) is 6.54 Å². The van der Waals surface area contributed by atoms with Crippen molar-refractivity contribution in [1.29, 1.82) is 0 Å². The van der Waals surface area contributed by atoms with Crippen molar-refractivity contribution >= 4 is 49.5 Å². The van der Waals surface area contributed by atoms with E-state index >= 15 is 0 Å². The van der Waals surface area contributed by atoms with Gasteiger partial charge in [0, 0.05) is 33.1 Å². The van der Waals surface area contributed by atoms with Gasteiger partial charge in [-0.25, -0.2) is 19.6 Å². The second-order valence-corrected chi connectivity index (χ2v) is 6.99. The molecule has 0 fully saturated rings. The Morgan fingerprint density at radius 2 is 2.00 bits per heavy atom. The van der Waals surface area contributed by atoms with Gasteiger partial charge in [-0.2, -0.15) is 5.10 Å². The second kappa shape index (κ2) is 6.53. The highest BCUT2D eigenvalue weighted by molar-refractivity contribution is 9.10. The van der Waals surface area contributed by atoms with Crippen molar-refractivity contribution < 1.29 is 0 Å². The number of anilines is 2. The van der Waals surface area contributed by atoms with Crippen LogP contribution in [0.3, 0.4) is 0 Å². The van der Waals surface area contributed by atoms with Crippen LogP contribution in [0.15, 0.2) is 41.3 Å². The molecule has 3 heterocycles. The summed E-state index contributed by atoms with van der Waals surface area (Å²) in [6.45, 7) is 0.622. The van der Waals surface area contributed by atoms with Gasteiger partial charge in [-0.15, -0.1) is 0 Å². The minimum atomic E-state index is 0.622. The molecule has 0 saturated heterocycles. The first-order chi connectivity index (χ1) is 12.5. The fourth-order valence-corrected chi connectivity index (χ4v) is 3.56. The maximum atomic E-state index is 4.71. The first-order valence-corrected chi connectivity index (χ1v) is 8.97. The minimum Gasteiger partial charge on any atom is -0.365 e. The quantitative estimate of drug-likeness (QED) is 0.554. The molecule has 3 aromatic heterocycles. The van der Waals surface area contributed by atoms with E-state index in [4.69, 9.17) is 4.98 Å². The lowest BCUT2D eigenvalue weighted by molar-refractivity contribution is 0.777. The number of halogens is 1. The van der Waals surface area contributed by atoms with Crippen molar-refractivity contribution in [1.82, 2.24) is 24.7 Å². The number of hydrogen-bond acceptors (Lipinski definition) is 6. The minimum absolute atomic E-state index is 0.622. The van der Waals surface area contributed by atoms with Crippen molar-refractivity contribution in [3.05, 3.63) is 46.8 Å². The number of aryl methyl sites for hydroxylation is 1. The molecular formula is C18H18BrN7. The summed E-state index contributed by atoms with van der Waals surface area (Å²) in [4.78, 5) is 15.4. The third-order valence-corrected chi connectivity index (χ3v) is 4.83. The number of hydrogen-bond donors (Lipinski definition) is 1. The van der Waals surface area contributed by atoms with E-state index in [-0.39, 0.29) is 0 Å². The molecule has 132 valence electrons. The molecule has 0 bridgehead atoms. The molecule has 4 aromatic rings. The fourth-order valence-electron chi connectivity index (χ4n) is 2.96. The number of nitrogens with one attached hydrogen (secondary N) is 1. The topological polar surface area (TPSA) is 71.8 Å². The van der Waals surface area contributed by atoms with E-state index in [1.165, 1.54) is 0 Å². The van der Waals surface area contributed by atoms with E-state index in [0.717, 1.165) is 43.7 Å². The molecule has 4 rings (SSSR count).